The predicted molar refractivity (Wildman–Crippen MR) is 156 cm³/mol. The van der Waals surface area contributed by atoms with Crippen molar-refractivity contribution in [2.45, 2.75) is 97.6 Å². The van der Waals surface area contributed by atoms with Crippen LogP contribution in [-0.4, -0.2) is 34.7 Å². The molecule has 0 saturated heterocycles. The third-order valence-electron chi connectivity index (χ3n) is 7.06. The van der Waals surface area contributed by atoms with E-state index in [2.05, 4.69) is 61.5 Å². The molecule has 0 aliphatic heterocycles. The van der Waals surface area contributed by atoms with Crippen molar-refractivity contribution in [1.29, 1.82) is 0 Å². The Hall–Kier alpha value is -1.92. The van der Waals surface area contributed by atoms with E-state index in [1.165, 1.54) is 60.8 Å². The molecule has 0 fully saturated rings. The summed E-state index contributed by atoms with van der Waals surface area (Å²) in [5, 5.41) is 0. The fourth-order valence-electron chi connectivity index (χ4n) is 5.38. The molecule has 2 aromatic carbocycles. The van der Waals surface area contributed by atoms with Gasteiger partial charge in [-0.3, -0.25) is 0 Å². The summed E-state index contributed by atoms with van der Waals surface area (Å²) in [6.07, 6.45) is 15.1. The lowest BCUT2D eigenvalue weighted by atomic mass is 10.0. The number of hydrogen-bond donors (Lipinski definition) is 0. The van der Waals surface area contributed by atoms with Crippen molar-refractivity contribution in [1.82, 2.24) is 0 Å². The van der Waals surface area contributed by atoms with E-state index in [1.54, 1.807) is 0 Å². The van der Waals surface area contributed by atoms with Gasteiger partial charge >= 0.3 is 8.80 Å². The number of ether oxygens (including phenoxy) is 1. The van der Waals surface area contributed by atoms with Crippen LogP contribution in [0.25, 0.3) is 11.1 Å². The lowest BCUT2D eigenvalue weighted by Crippen LogP contribution is -2.45. The van der Waals surface area contributed by atoms with Gasteiger partial charge in [-0.25, -0.2) is 0 Å². The van der Waals surface area contributed by atoms with E-state index in [0.29, 0.717) is 19.8 Å². The van der Waals surface area contributed by atoms with Gasteiger partial charge in [-0.2, -0.15) is 0 Å². The summed E-state index contributed by atoms with van der Waals surface area (Å²) in [7, 11) is -2.47. The van der Waals surface area contributed by atoms with Crippen LogP contribution in [0.1, 0.15) is 90.2 Å². The maximum Gasteiger partial charge on any atom is 0.500 e. The number of benzene rings is 2. The fraction of sp³-hybridized carbons (Fsp3) is 0.562. The SMILES string of the molecule is CC=CC(CCCCCCCCC[Si](OCC)(OCC)OCC)Oc1cccc2c1Cc1ccccc1-2. The molecule has 0 spiro atoms. The summed E-state index contributed by atoms with van der Waals surface area (Å²) >= 11 is 0. The smallest absolute Gasteiger partial charge is 0.486 e. The highest BCUT2D eigenvalue weighted by Gasteiger charge is 2.39. The van der Waals surface area contributed by atoms with Gasteiger partial charge in [0, 0.05) is 37.8 Å². The Bertz CT molecular complexity index is 941. The van der Waals surface area contributed by atoms with Crippen molar-refractivity contribution in [3.8, 4) is 16.9 Å². The average Bonchev–Trinajstić information content (AvgIpc) is 3.28. The van der Waals surface area contributed by atoms with Gasteiger partial charge in [0.1, 0.15) is 11.9 Å². The summed E-state index contributed by atoms with van der Waals surface area (Å²) in [6.45, 7) is 10.1. The monoisotopic (exact) mass is 524 g/mol. The van der Waals surface area contributed by atoms with Gasteiger partial charge in [-0.1, -0.05) is 74.6 Å². The molecule has 0 radical (unpaired) electrons. The average molecular weight is 525 g/mol. The van der Waals surface area contributed by atoms with Crippen molar-refractivity contribution in [3.63, 3.8) is 0 Å². The summed E-state index contributed by atoms with van der Waals surface area (Å²) in [4.78, 5) is 0. The number of allylic oxidation sites excluding steroid dienone is 1. The van der Waals surface area contributed by atoms with Crippen molar-refractivity contribution in [3.05, 3.63) is 65.7 Å². The first-order valence-corrected chi connectivity index (χ1v) is 16.5. The molecule has 204 valence electrons. The Labute approximate surface area is 226 Å². The lowest BCUT2D eigenvalue weighted by molar-refractivity contribution is 0.0706. The molecule has 2 aromatic rings. The van der Waals surface area contributed by atoms with E-state index < -0.39 is 8.80 Å². The van der Waals surface area contributed by atoms with Crippen LogP contribution in [0, 0.1) is 0 Å². The van der Waals surface area contributed by atoms with E-state index in [1.807, 2.05) is 20.8 Å². The van der Waals surface area contributed by atoms with Crippen LogP contribution >= 0.6 is 0 Å². The maximum atomic E-state index is 6.56. The molecule has 1 atom stereocenters. The Balaban J connectivity index is 1.36. The van der Waals surface area contributed by atoms with E-state index in [0.717, 1.165) is 31.1 Å². The molecule has 3 rings (SSSR count). The summed E-state index contributed by atoms with van der Waals surface area (Å²) in [6, 6.07) is 16.1. The molecule has 4 nitrogen and oxygen atoms in total. The van der Waals surface area contributed by atoms with Crippen molar-refractivity contribution >= 4 is 8.80 Å². The van der Waals surface area contributed by atoms with Crippen LogP contribution in [0.5, 0.6) is 5.75 Å². The Morgan fingerprint density at radius 2 is 1.38 bits per heavy atom. The lowest BCUT2D eigenvalue weighted by Gasteiger charge is -2.28. The maximum absolute atomic E-state index is 6.56. The first kappa shape index (κ1) is 29.6. The van der Waals surface area contributed by atoms with E-state index >= 15 is 0 Å². The number of rotatable bonds is 19. The highest BCUT2D eigenvalue weighted by atomic mass is 28.4. The molecule has 0 heterocycles. The van der Waals surface area contributed by atoms with Crippen molar-refractivity contribution < 1.29 is 18.0 Å². The fourth-order valence-corrected chi connectivity index (χ4v) is 8.07. The highest BCUT2D eigenvalue weighted by Crippen LogP contribution is 2.41. The molecule has 0 aromatic heterocycles. The van der Waals surface area contributed by atoms with Crippen LogP contribution in [0.3, 0.4) is 0 Å². The molecule has 0 bridgehead atoms. The zero-order valence-corrected chi connectivity index (χ0v) is 24.6. The van der Waals surface area contributed by atoms with Crippen LogP contribution in [0.2, 0.25) is 6.04 Å². The van der Waals surface area contributed by atoms with Crippen LogP contribution in [0.15, 0.2) is 54.6 Å². The van der Waals surface area contributed by atoms with Crippen molar-refractivity contribution in [2.24, 2.45) is 0 Å². The predicted octanol–water partition coefficient (Wildman–Crippen LogP) is 8.75. The minimum Gasteiger partial charge on any atom is -0.486 e. The summed E-state index contributed by atoms with van der Waals surface area (Å²) < 4.78 is 24.5. The van der Waals surface area contributed by atoms with Gasteiger partial charge in [0.2, 0.25) is 0 Å². The zero-order chi connectivity index (χ0) is 26.3. The minimum absolute atomic E-state index is 0.133. The molecule has 1 aliphatic rings. The molecular weight excluding hydrogens is 476 g/mol. The van der Waals surface area contributed by atoms with E-state index in [4.69, 9.17) is 18.0 Å². The van der Waals surface area contributed by atoms with Crippen LogP contribution < -0.4 is 4.74 Å². The van der Waals surface area contributed by atoms with Gasteiger partial charge in [0.15, 0.2) is 0 Å². The molecule has 0 saturated carbocycles. The second-order valence-corrected chi connectivity index (χ2v) is 12.5. The number of fused-ring (bicyclic) bond motifs is 3. The van der Waals surface area contributed by atoms with Gasteiger partial charge in [-0.15, -0.1) is 0 Å². The third kappa shape index (κ3) is 8.81. The molecule has 1 aliphatic carbocycles. The first-order chi connectivity index (χ1) is 18.2. The molecule has 0 amide bonds. The molecule has 37 heavy (non-hydrogen) atoms. The zero-order valence-electron chi connectivity index (χ0n) is 23.6. The third-order valence-corrected chi connectivity index (χ3v) is 10.2. The Morgan fingerprint density at radius 1 is 0.757 bits per heavy atom. The highest BCUT2D eigenvalue weighted by molar-refractivity contribution is 6.60. The molecule has 1 unspecified atom stereocenters. The molecular formula is C32H48O4Si. The Morgan fingerprint density at radius 3 is 2.05 bits per heavy atom. The quantitative estimate of drug-likeness (QED) is 0.0892. The van der Waals surface area contributed by atoms with Gasteiger partial charge in [0.25, 0.3) is 0 Å². The summed E-state index contributed by atoms with van der Waals surface area (Å²) in [5.74, 6) is 1.04. The Kier molecular flexibility index (Phi) is 12.9. The van der Waals surface area contributed by atoms with Crippen molar-refractivity contribution in [2.75, 3.05) is 19.8 Å². The van der Waals surface area contributed by atoms with Gasteiger partial charge in [0.05, 0.1) is 0 Å². The number of unbranched alkanes of at least 4 members (excludes halogenated alkanes) is 6. The van der Waals surface area contributed by atoms with Crippen LogP contribution in [0.4, 0.5) is 0 Å². The number of hydrogen-bond acceptors (Lipinski definition) is 4. The minimum atomic E-state index is -2.47. The second kappa shape index (κ2) is 16.1. The van der Waals surface area contributed by atoms with Gasteiger partial charge < -0.3 is 18.0 Å². The normalized spacial score (nSPS) is 13.6. The molecule has 0 N–H and O–H groups in total. The van der Waals surface area contributed by atoms with Crippen LogP contribution in [-0.2, 0) is 19.7 Å². The standard InChI is InChI=1S/C32H48O4Si/c1-5-19-28(36-32-24-18-23-30-29-22-16-15-20-27(29)26-31(30)32)21-14-12-10-9-11-13-17-25-37(33-6-2,34-7-3)35-8-4/h5,15-16,18-20,22-24,28H,6-14,17,21,25-26H2,1-4H3. The summed E-state index contributed by atoms with van der Waals surface area (Å²) in [5.41, 5.74) is 5.42. The largest absolute Gasteiger partial charge is 0.500 e. The first-order valence-electron chi connectivity index (χ1n) is 14.6. The molecule has 5 heteroatoms. The van der Waals surface area contributed by atoms with Gasteiger partial charge in [-0.05, 0) is 75.8 Å². The van der Waals surface area contributed by atoms with E-state index in [-0.39, 0.29) is 6.10 Å². The second-order valence-electron chi connectivity index (χ2n) is 9.79. The topological polar surface area (TPSA) is 36.9 Å². The van der Waals surface area contributed by atoms with E-state index in [9.17, 15) is 0 Å².